The highest BCUT2D eigenvalue weighted by atomic mass is 35.5. The van der Waals surface area contributed by atoms with E-state index < -0.39 is 0 Å². The summed E-state index contributed by atoms with van der Waals surface area (Å²) in [6.45, 7) is 22.1. The minimum atomic E-state index is -0.374. The maximum absolute atomic E-state index is 12.4. The average molecular weight is 563 g/mol. The van der Waals surface area contributed by atoms with Gasteiger partial charge in [0.2, 0.25) is 0 Å². The molecular weight excluding hydrogens is 517 g/mol. The highest BCUT2D eigenvalue weighted by molar-refractivity contribution is 6.68. The molecule has 1 aromatic rings. The number of nitrogens with zero attached hydrogens (tertiary/aromatic N) is 1. The molecule has 38 heavy (non-hydrogen) atoms. The summed E-state index contributed by atoms with van der Waals surface area (Å²) < 4.78 is 0. The van der Waals surface area contributed by atoms with Crippen molar-refractivity contribution in [2.45, 2.75) is 74.8 Å². The second-order valence-corrected chi connectivity index (χ2v) is 10.7. The molecule has 0 heterocycles. The van der Waals surface area contributed by atoms with Crippen molar-refractivity contribution < 1.29 is 9.59 Å². The molecule has 0 radical (unpaired) electrons. The molecule has 0 aliphatic rings. The maximum atomic E-state index is 12.4. The smallest absolute Gasteiger partial charge is 0.253 e. The molecule has 2 N–H and O–H groups in total. The predicted octanol–water partition coefficient (Wildman–Crippen LogP) is 8.69. The first-order valence-corrected chi connectivity index (χ1v) is 13.7. The molecule has 5 nitrogen and oxygen atoms in total. The van der Waals surface area contributed by atoms with Gasteiger partial charge in [0.25, 0.3) is 11.8 Å². The number of aliphatic imine (C=N–C) groups is 1. The van der Waals surface area contributed by atoms with Gasteiger partial charge in [-0.15, -0.1) is 0 Å². The van der Waals surface area contributed by atoms with Crippen LogP contribution in [0, 0.1) is 18.8 Å². The third-order valence-electron chi connectivity index (χ3n) is 5.74. The summed E-state index contributed by atoms with van der Waals surface area (Å²) in [6, 6.07) is 3.17. The molecule has 0 spiro atoms. The van der Waals surface area contributed by atoms with Gasteiger partial charge < -0.3 is 10.6 Å². The fourth-order valence-corrected chi connectivity index (χ4v) is 3.47. The van der Waals surface area contributed by atoms with Crippen LogP contribution in [0.3, 0.4) is 0 Å². The zero-order chi connectivity index (χ0) is 29.6. The van der Waals surface area contributed by atoms with Crippen molar-refractivity contribution in [2.24, 2.45) is 16.8 Å². The molecule has 2 amide bonds. The number of benzene rings is 1. The Kier molecular flexibility index (Phi) is 16.6. The summed E-state index contributed by atoms with van der Waals surface area (Å²) in [5.41, 5.74) is 4.31. The molecule has 210 valence electrons. The van der Waals surface area contributed by atoms with Gasteiger partial charge in [-0.1, -0.05) is 82.1 Å². The van der Waals surface area contributed by atoms with Gasteiger partial charge in [-0.3, -0.25) is 14.6 Å². The van der Waals surface area contributed by atoms with Crippen molar-refractivity contribution in [1.29, 1.82) is 0 Å². The zero-order valence-corrected chi connectivity index (χ0v) is 26.1. The van der Waals surface area contributed by atoms with Gasteiger partial charge in [-0.2, -0.15) is 0 Å². The Balaban J connectivity index is 0.000000835. The van der Waals surface area contributed by atoms with E-state index in [2.05, 4.69) is 75.1 Å². The second-order valence-electron chi connectivity index (χ2n) is 9.90. The van der Waals surface area contributed by atoms with Crippen LogP contribution < -0.4 is 10.6 Å². The minimum Gasteiger partial charge on any atom is -0.350 e. The summed E-state index contributed by atoms with van der Waals surface area (Å²) in [6.07, 6.45) is 9.22. The molecule has 1 aromatic carbocycles. The molecule has 7 heteroatoms. The molecule has 0 saturated carbocycles. The number of allylic oxidation sites excluding steroid dienone is 6. The minimum absolute atomic E-state index is 0.0402. The Morgan fingerprint density at radius 2 is 1.71 bits per heavy atom. The van der Waals surface area contributed by atoms with E-state index >= 15 is 0 Å². The number of hydrogen-bond donors (Lipinski definition) is 2. The summed E-state index contributed by atoms with van der Waals surface area (Å²) >= 11 is 11.9. The van der Waals surface area contributed by atoms with Crippen molar-refractivity contribution >= 4 is 45.9 Å². The first-order chi connectivity index (χ1) is 17.6. The first kappa shape index (κ1) is 35.4. The van der Waals surface area contributed by atoms with Crippen molar-refractivity contribution in [3.63, 3.8) is 0 Å². The topological polar surface area (TPSA) is 70.6 Å². The van der Waals surface area contributed by atoms with E-state index in [-0.39, 0.29) is 23.0 Å². The molecule has 1 unspecified atom stereocenters. The Hall–Kier alpha value is -2.63. The Morgan fingerprint density at radius 3 is 2.21 bits per heavy atom. The Labute approximate surface area is 240 Å². The van der Waals surface area contributed by atoms with Gasteiger partial charge in [0, 0.05) is 23.7 Å². The lowest BCUT2D eigenvalue weighted by Gasteiger charge is -2.16. The van der Waals surface area contributed by atoms with Crippen LogP contribution >= 0.6 is 23.2 Å². The lowest BCUT2D eigenvalue weighted by Crippen LogP contribution is -2.31. The van der Waals surface area contributed by atoms with Gasteiger partial charge in [0.15, 0.2) is 0 Å². The van der Waals surface area contributed by atoms with Crippen molar-refractivity contribution in [1.82, 2.24) is 5.32 Å². The van der Waals surface area contributed by atoms with Crippen LogP contribution in [-0.4, -0.2) is 30.1 Å². The van der Waals surface area contributed by atoms with Crippen molar-refractivity contribution in [2.75, 3.05) is 12.4 Å². The van der Waals surface area contributed by atoms with Gasteiger partial charge in [-0.25, -0.2) is 0 Å². The number of hydrogen-bond acceptors (Lipinski definition) is 3. The lowest BCUT2D eigenvalue weighted by atomic mass is 9.97. The molecule has 0 aliphatic heterocycles. The quantitative estimate of drug-likeness (QED) is 0.170. The van der Waals surface area contributed by atoms with E-state index in [1.54, 1.807) is 19.9 Å². The summed E-state index contributed by atoms with van der Waals surface area (Å²) in [7, 11) is 1.53. The zero-order valence-electron chi connectivity index (χ0n) is 24.6. The Morgan fingerprint density at radius 1 is 1.11 bits per heavy atom. The SMILES string of the molecule is C=C(/C(C)=C\C=C/C(C)CC)C(C)C.CN=C(Cl)/C=C(\C)C(=O)Nc1c(C)cc(Cl)cc1C(=O)NC(C)C. The standard InChI is InChI=1S/C17H21Cl2N3O2.C14H24/c1-9(2)21-17(24)13-8-12(18)6-10(3)15(13)22-16(23)11(4)7-14(19)20-5;1-7-12(4)9-8-10-13(5)14(6)11(2)3/h6-9H,1-5H3,(H,21,24)(H,22,23);8-12H,6-7H2,1-5H3/b11-7+,20-14?;9-8-,13-10-. The van der Waals surface area contributed by atoms with Gasteiger partial charge in [0.05, 0.1) is 11.3 Å². The van der Waals surface area contributed by atoms with Gasteiger partial charge >= 0.3 is 0 Å². The number of carbonyl (C=O) groups excluding carboxylic acids is 2. The van der Waals surface area contributed by atoms with Crippen LogP contribution in [0.5, 0.6) is 0 Å². The number of amides is 2. The highest BCUT2D eigenvalue weighted by Gasteiger charge is 2.18. The average Bonchev–Trinajstić information content (AvgIpc) is 2.84. The molecule has 1 atom stereocenters. The van der Waals surface area contributed by atoms with Crippen LogP contribution in [0.25, 0.3) is 0 Å². The largest absolute Gasteiger partial charge is 0.350 e. The monoisotopic (exact) mass is 561 g/mol. The maximum Gasteiger partial charge on any atom is 0.253 e. The predicted molar refractivity (Wildman–Crippen MR) is 167 cm³/mol. The first-order valence-electron chi connectivity index (χ1n) is 12.9. The van der Waals surface area contributed by atoms with E-state index in [1.807, 2.05) is 13.8 Å². The van der Waals surface area contributed by atoms with Crippen LogP contribution in [0.15, 0.2) is 64.7 Å². The van der Waals surface area contributed by atoms with E-state index in [0.717, 1.165) is 0 Å². The molecule has 0 aliphatic carbocycles. The molecule has 0 saturated heterocycles. The summed E-state index contributed by atoms with van der Waals surface area (Å²) in [4.78, 5) is 28.5. The van der Waals surface area contributed by atoms with E-state index in [4.69, 9.17) is 23.2 Å². The van der Waals surface area contributed by atoms with Gasteiger partial charge in [0.1, 0.15) is 5.17 Å². The van der Waals surface area contributed by atoms with Crippen LogP contribution in [0.1, 0.15) is 77.7 Å². The molecule has 0 fully saturated rings. The van der Waals surface area contributed by atoms with Crippen LogP contribution in [0.2, 0.25) is 5.02 Å². The van der Waals surface area contributed by atoms with Crippen LogP contribution in [0.4, 0.5) is 5.69 Å². The molecular formula is C31H45Cl2N3O2. The van der Waals surface area contributed by atoms with Gasteiger partial charge in [-0.05, 0) is 81.4 Å². The lowest BCUT2D eigenvalue weighted by molar-refractivity contribution is -0.112. The van der Waals surface area contributed by atoms with Crippen molar-refractivity contribution in [3.05, 3.63) is 75.9 Å². The summed E-state index contributed by atoms with van der Waals surface area (Å²) in [5, 5.41) is 6.18. The van der Waals surface area contributed by atoms with E-state index in [1.165, 1.54) is 36.8 Å². The number of rotatable bonds is 10. The number of halogens is 2. The third-order valence-corrected chi connectivity index (χ3v) is 6.24. The van der Waals surface area contributed by atoms with Crippen molar-refractivity contribution in [3.8, 4) is 0 Å². The second kappa shape index (κ2) is 17.8. The highest BCUT2D eigenvalue weighted by Crippen LogP contribution is 2.26. The fourth-order valence-electron chi connectivity index (χ4n) is 3.04. The molecule has 0 aromatic heterocycles. The normalized spacial score (nSPS) is 13.4. The number of anilines is 1. The Bertz CT molecular complexity index is 1100. The molecule has 0 bridgehead atoms. The number of nitrogens with one attached hydrogen (secondary N) is 2. The number of carbonyl (C=O) groups is 2. The fraction of sp³-hybridized carbons (Fsp3) is 0.452. The molecule has 1 rings (SSSR count). The number of aryl methyl sites for hydroxylation is 1. The van der Waals surface area contributed by atoms with E-state index in [9.17, 15) is 9.59 Å². The summed E-state index contributed by atoms with van der Waals surface area (Å²) in [5.74, 6) is 0.538. The van der Waals surface area contributed by atoms with E-state index in [0.29, 0.717) is 39.2 Å². The third kappa shape index (κ3) is 13.3. The van der Waals surface area contributed by atoms with Crippen LogP contribution in [-0.2, 0) is 4.79 Å².